The Balaban J connectivity index is 2.40. The first kappa shape index (κ1) is 22.2. The number of ether oxygens (including phenoxy) is 2. The topological polar surface area (TPSA) is 47.0 Å². The number of aliphatic imine (C=N–C) groups is 1. The molecule has 0 radical (unpaired) electrons. The average molecular weight is 456 g/mol. The molecule has 0 aliphatic rings. The molecule has 0 N–H and O–H groups in total. The minimum absolute atomic E-state index is 0.213. The van der Waals surface area contributed by atoms with Crippen LogP contribution in [0.5, 0.6) is 5.88 Å². The quantitative estimate of drug-likeness (QED) is 0.306. The van der Waals surface area contributed by atoms with E-state index in [-0.39, 0.29) is 18.1 Å². The zero-order valence-corrected chi connectivity index (χ0v) is 18.2. The van der Waals surface area contributed by atoms with Gasteiger partial charge in [0.2, 0.25) is 11.7 Å². The van der Waals surface area contributed by atoms with Gasteiger partial charge in [0.25, 0.3) is 0 Å². The summed E-state index contributed by atoms with van der Waals surface area (Å²) in [6, 6.07) is 4.93. The van der Waals surface area contributed by atoms with Crippen molar-refractivity contribution >= 4 is 28.0 Å². The molecular weight excluding hydrogens is 432 g/mol. The maximum atomic E-state index is 13.7. The molecule has 1 heterocycles. The van der Waals surface area contributed by atoms with Crippen molar-refractivity contribution in [1.82, 2.24) is 9.88 Å². The lowest BCUT2D eigenvalue weighted by Gasteiger charge is -2.30. The zero-order valence-electron chi connectivity index (χ0n) is 16.6. The molecule has 0 aliphatic carbocycles. The van der Waals surface area contributed by atoms with Crippen molar-refractivity contribution in [1.29, 1.82) is 0 Å². The summed E-state index contributed by atoms with van der Waals surface area (Å²) < 4.78 is 39.7. The van der Waals surface area contributed by atoms with E-state index in [1.165, 1.54) is 12.1 Å². The molecule has 1 atom stereocenters. The van der Waals surface area contributed by atoms with Crippen LogP contribution >= 0.6 is 15.9 Å². The Labute approximate surface area is 172 Å². The van der Waals surface area contributed by atoms with Gasteiger partial charge in [-0.1, -0.05) is 0 Å². The van der Waals surface area contributed by atoms with Crippen molar-refractivity contribution in [3.8, 4) is 5.88 Å². The van der Waals surface area contributed by atoms with Crippen LogP contribution in [-0.2, 0) is 10.5 Å². The number of aryl methyl sites for hydroxylation is 1. The van der Waals surface area contributed by atoms with E-state index >= 15 is 0 Å². The minimum atomic E-state index is -1.42. The maximum Gasteiger partial charge on any atom is 0.236 e. The van der Waals surface area contributed by atoms with Gasteiger partial charge in [-0.3, -0.25) is 0 Å². The van der Waals surface area contributed by atoms with Crippen molar-refractivity contribution in [2.45, 2.75) is 33.5 Å². The number of hydrogen-bond acceptors (Lipinski definition) is 4. The normalized spacial score (nSPS) is 13.6. The summed E-state index contributed by atoms with van der Waals surface area (Å²) in [5.41, 5.74) is 1.53. The highest BCUT2D eigenvalue weighted by Gasteiger charge is 2.32. The fourth-order valence-electron chi connectivity index (χ4n) is 2.44. The Bertz CT molecular complexity index is 843. The molecule has 0 amide bonds. The summed E-state index contributed by atoms with van der Waals surface area (Å²) in [4.78, 5) is 10.8. The van der Waals surface area contributed by atoms with Crippen LogP contribution in [0.4, 0.5) is 14.5 Å². The number of pyridine rings is 1. The van der Waals surface area contributed by atoms with Crippen LogP contribution in [0.3, 0.4) is 0 Å². The fourth-order valence-corrected chi connectivity index (χ4v) is 2.83. The maximum absolute atomic E-state index is 13.7. The fraction of sp³-hybridized carbons (Fsp3) is 0.400. The minimum Gasteiger partial charge on any atom is -0.440 e. The van der Waals surface area contributed by atoms with Gasteiger partial charge < -0.3 is 14.4 Å². The highest BCUT2D eigenvalue weighted by atomic mass is 79.9. The van der Waals surface area contributed by atoms with E-state index in [2.05, 4.69) is 25.9 Å². The van der Waals surface area contributed by atoms with Crippen molar-refractivity contribution in [3.05, 3.63) is 51.6 Å². The predicted molar refractivity (Wildman–Crippen MR) is 109 cm³/mol. The van der Waals surface area contributed by atoms with E-state index in [4.69, 9.17) is 9.47 Å². The lowest BCUT2D eigenvalue weighted by molar-refractivity contribution is -0.177. The van der Waals surface area contributed by atoms with Crippen LogP contribution in [0.1, 0.15) is 32.0 Å². The van der Waals surface area contributed by atoms with Crippen LogP contribution in [-0.4, -0.2) is 36.4 Å². The number of benzene rings is 1. The number of rotatable bonds is 8. The summed E-state index contributed by atoms with van der Waals surface area (Å²) in [5, 5.41) is 0. The second-order valence-corrected chi connectivity index (χ2v) is 7.19. The first-order valence-electron chi connectivity index (χ1n) is 8.89. The molecular formula is C20H24BrF2N3O2. The molecule has 0 bridgehead atoms. The monoisotopic (exact) mass is 455 g/mol. The van der Waals surface area contributed by atoms with Gasteiger partial charge in [-0.25, -0.2) is 18.8 Å². The second kappa shape index (κ2) is 9.43. The van der Waals surface area contributed by atoms with E-state index in [1.807, 2.05) is 18.9 Å². The number of aromatic nitrogens is 1. The van der Waals surface area contributed by atoms with E-state index in [1.54, 1.807) is 33.2 Å². The number of halogens is 3. The largest absolute Gasteiger partial charge is 0.440 e. The third-order valence-corrected chi connectivity index (χ3v) is 4.67. The van der Waals surface area contributed by atoms with Crippen LogP contribution in [0.2, 0.25) is 0 Å². The molecule has 5 nitrogen and oxygen atoms in total. The van der Waals surface area contributed by atoms with Gasteiger partial charge in [0, 0.05) is 38.8 Å². The van der Waals surface area contributed by atoms with Crippen molar-refractivity contribution in [2.75, 3.05) is 20.2 Å². The Hall–Kier alpha value is -2.06. The van der Waals surface area contributed by atoms with Crippen LogP contribution in [0.15, 0.2) is 33.7 Å². The number of nitrogens with zero attached hydrogens (tertiary/aromatic N) is 3. The van der Waals surface area contributed by atoms with Gasteiger partial charge >= 0.3 is 0 Å². The third kappa shape index (κ3) is 5.48. The van der Waals surface area contributed by atoms with Gasteiger partial charge in [0.15, 0.2) is 0 Å². The zero-order chi connectivity index (χ0) is 20.9. The number of hydrogen-bond donors (Lipinski definition) is 0. The first-order valence-corrected chi connectivity index (χ1v) is 9.69. The van der Waals surface area contributed by atoms with Crippen LogP contribution in [0, 0.1) is 18.6 Å². The Morgan fingerprint density at radius 3 is 2.43 bits per heavy atom. The summed E-state index contributed by atoms with van der Waals surface area (Å²) in [7, 11) is 1.92. The highest BCUT2D eigenvalue weighted by molar-refractivity contribution is 9.10. The summed E-state index contributed by atoms with van der Waals surface area (Å²) in [5.74, 6) is -2.61. The lowest BCUT2D eigenvalue weighted by atomic mass is 10.1. The summed E-state index contributed by atoms with van der Waals surface area (Å²) in [6.45, 7) is 8.29. The summed E-state index contributed by atoms with van der Waals surface area (Å²) in [6.07, 6.45) is 1.72. The second-order valence-electron chi connectivity index (χ2n) is 6.34. The predicted octanol–water partition coefficient (Wildman–Crippen LogP) is 5.33. The Morgan fingerprint density at radius 2 is 1.86 bits per heavy atom. The molecule has 2 aromatic rings. The molecule has 152 valence electrons. The van der Waals surface area contributed by atoms with Gasteiger partial charge in [0.05, 0.1) is 22.2 Å². The van der Waals surface area contributed by atoms with Crippen LogP contribution in [0.25, 0.3) is 0 Å². The molecule has 0 fully saturated rings. The lowest BCUT2D eigenvalue weighted by Crippen LogP contribution is -2.33. The van der Waals surface area contributed by atoms with Crippen molar-refractivity contribution < 1.29 is 18.3 Å². The molecule has 1 aromatic carbocycles. The SMILES string of the molecule is CCOC(C)(Oc1nc(C)c(N=CN(C)CC)cc1Br)c1cc(F)cc(F)c1. The Kier molecular flexibility index (Phi) is 7.48. The molecule has 28 heavy (non-hydrogen) atoms. The van der Waals surface area contributed by atoms with Crippen molar-refractivity contribution in [3.63, 3.8) is 0 Å². The molecule has 2 rings (SSSR count). The van der Waals surface area contributed by atoms with Gasteiger partial charge in [-0.15, -0.1) is 0 Å². The van der Waals surface area contributed by atoms with Gasteiger partial charge in [0.1, 0.15) is 11.6 Å². The van der Waals surface area contributed by atoms with E-state index < -0.39 is 17.4 Å². The average Bonchev–Trinajstić information content (AvgIpc) is 2.62. The first-order chi connectivity index (χ1) is 13.2. The van der Waals surface area contributed by atoms with Gasteiger partial charge in [-0.2, -0.15) is 0 Å². The molecule has 1 unspecified atom stereocenters. The summed E-state index contributed by atoms with van der Waals surface area (Å²) >= 11 is 3.43. The molecule has 0 aliphatic heterocycles. The Morgan fingerprint density at radius 1 is 1.21 bits per heavy atom. The standard InChI is InChI=1S/C20H24BrF2N3O2/c1-6-26(5)12-24-18-11-17(21)19(25-13(18)3)28-20(4,27-7-2)14-8-15(22)10-16(23)9-14/h8-12H,6-7H2,1-5H3. The molecule has 0 saturated carbocycles. The molecule has 0 saturated heterocycles. The van der Waals surface area contributed by atoms with Crippen LogP contribution < -0.4 is 4.74 Å². The molecule has 0 spiro atoms. The third-order valence-electron chi connectivity index (χ3n) is 4.10. The molecule has 1 aromatic heterocycles. The smallest absolute Gasteiger partial charge is 0.236 e. The van der Waals surface area contributed by atoms with E-state index in [0.29, 0.717) is 15.9 Å². The molecule has 8 heteroatoms. The van der Waals surface area contributed by atoms with E-state index in [0.717, 1.165) is 12.6 Å². The van der Waals surface area contributed by atoms with Gasteiger partial charge in [-0.05, 0) is 54.9 Å². The van der Waals surface area contributed by atoms with E-state index in [9.17, 15) is 8.78 Å². The van der Waals surface area contributed by atoms with Crippen molar-refractivity contribution in [2.24, 2.45) is 4.99 Å². The highest BCUT2D eigenvalue weighted by Crippen LogP contribution is 2.36.